The zero-order chi connectivity index (χ0) is 15.1. The summed E-state index contributed by atoms with van der Waals surface area (Å²) in [6, 6.07) is 9.72. The van der Waals surface area contributed by atoms with Gasteiger partial charge in [-0.3, -0.25) is 4.98 Å². The number of alkyl halides is 2. The van der Waals surface area contributed by atoms with Crippen LogP contribution in [0, 0.1) is 0 Å². The fourth-order valence-electron chi connectivity index (χ4n) is 1.85. The van der Waals surface area contributed by atoms with Crippen molar-refractivity contribution in [2.75, 3.05) is 6.54 Å². The van der Waals surface area contributed by atoms with Gasteiger partial charge in [-0.2, -0.15) is 8.78 Å². The van der Waals surface area contributed by atoms with Gasteiger partial charge in [0, 0.05) is 25.5 Å². The molecule has 2 aromatic rings. The second-order valence-electron chi connectivity index (χ2n) is 4.46. The molecule has 4 nitrogen and oxygen atoms in total. The standard InChI is InChI=1S/C15H16F2N2O2/c16-15(17)21-13-5-3-12(4-6-13)14(20)10-19-9-11-2-1-7-18-8-11/h1-8,14-15,19-20H,9-10H2. The third kappa shape index (κ3) is 5.09. The highest BCUT2D eigenvalue weighted by atomic mass is 19.3. The molecular formula is C15H16F2N2O2. The van der Waals surface area contributed by atoms with E-state index in [2.05, 4.69) is 15.0 Å². The largest absolute Gasteiger partial charge is 0.435 e. The first-order chi connectivity index (χ1) is 10.1. The van der Waals surface area contributed by atoms with Crippen LogP contribution in [0.2, 0.25) is 0 Å². The third-order valence-corrected chi connectivity index (χ3v) is 2.88. The summed E-state index contributed by atoms with van der Waals surface area (Å²) in [5, 5.41) is 13.1. The number of ether oxygens (including phenoxy) is 1. The second kappa shape index (κ2) is 7.66. The van der Waals surface area contributed by atoms with Crippen LogP contribution in [-0.4, -0.2) is 23.2 Å². The molecule has 0 radical (unpaired) electrons. The van der Waals surface area contributed by atoms with Crippen molar-refractivity contribution in [3.8, 4) is 5.75 Å². The van der Waals surface area contributed by atoms with E-state index in [0.717, 1.165) is 5.56 Å². The van der Waals surface area contributed by atoms with Gasteiger partial charge in [0.25, 0.3) is 0 Å². The number of hydrogen-bond donors (Lipinski definition) is 2. The van der Waals surface area contributed by atoms with Gasteiger partial charge in [0.1, 0.15) is 5.75 Å². The maximum Gasteiger partial charge on any atom is 0.387 e. The summed E-state index contributed by atoms with van der Waals surface area (Å²) in [7, 11) is 0. The van der Waals surface area contributed by atoms with Gasteiger partial charge in [0.15, 0.2) is 0 Å². The molecule has 112 valence electrons. The fraction of sp³-hybridized carbons (Fsp3) is 0.267. The third-order valence-electron chi connectivity index (χ3n) is 2.88. The summed E-state index contributed by atoms with van der Waals surface area (Å²) in [5.41, 5.74) is 1.65. The molecule has 0 saturated heterocycles. The first kappa shape index (κ1) is 15.3. The monoisotopic (exact) mass is 294 g/mol. The number of rotatable bonds is 7. The average molecular weight is 294 g/mol. The lowest BCUT2D eigenvalue weighted by molar-refractivity contribution is -0.0498. The summed E-state index contributed by atoms with van der Waals surface area (Å²) in [5.74, 6) is 0.0734. The van der Waals surface area contributed by atoms with Crippen molar-refractivity contribution < 1.29 is 18.6 Å². The van der Waals surface area contributed by atoms with E-state index in [1.807, 2.05) is 12.1 Å². The van der Waals surface area contributed by atoms with Gasteiger partial charge >= 0.3 is 6.61 Å². The molecule has 1 unspecified atom stereocenters. The highest BCUT2D eigenvalue weighted by Crippen LogP contribution is 2.19. The van der Waals surface area contributed by atoms with Gasteiger partial charge < -0.3 is 15.2 Å². The van der Waals surface area contributed by atoms with Crippen molar-refractivity contribution in [1.82, 2.24) is 10.3 Å². The second-order valence-corrected chi connectivity index (χ2v) is 4.46. The minimum Gasteiger partial charge on any atom is -0.435 e. The molecule has 0 bridgehead atoms. The molecular weight excluding hydrogens is 278 g/mol. The number of benzene rings is 1. The van der Waals surface area contributed by atoms with Crippen molar-refractivity contribution in [1.29, 1.82) is 0 Å². The Morgan fingerprint density at radius 3 is 2.57 bits per heavy atom. The maximum atomic E-state index is 12.0. The lowest BCUT2D eigenvalue weighted by Crippen LogP contribution is -2.21. The zero-order valence-electron chi connectivity index (χ0n) is 11.2. The van der Waals surface area contributed by atoms with Crippen molar-refractivity contribution in [2.45, 2.75) is 19.3 Å². The van der Waals surface area contributed by atoms with Crippen LogP contribution in [0.5, 0.6) is 5.75 Å². The normalized spacial score (nSPS) is 12.4. The van der Waals surface area contributed by atoms with Gasteiger partial charge in [-0.1, -0.05) is 18.2 Å². The smallest absolute Gasteiger partial charge is 0.387 e. The van der Waals surface area contributed by atoms with E-state index in [1.165, 1.54) is 12.1 Å². The molecule has 0 aliphatic heterocycles. The molecule has 0 fully saturated rings. The molecule has 0 aliphatic rings. The summed E-state index contributed by atoms with van der Waals surface area (Å²) in [4.78, 5) is 4.00. The van der Waals surface area contributed by atoms with Crippen LogP contribution < -0.4 is 10.1 Å². The molecule has 1 atom stereocenters. The zero-order valence-corrected chi connectivity index (χ0v) is 11.2. The van der Waals surface area contributed by atoms with Crippen LogP contribution in [0.1, 0.15) is 17.2 Å². The summed E-state index contributed by atoms with van der Waals surface area (Å²) >= 11 is 0. The molecule has 1 aromatic carbocycles. The Balaban J connectivity index is 1.81. The first-order valence-corrected chi connectivity index (χ1v) is 6.47. The van der Waals surface area contributed by atoms with E-state index in [4.69, 9.17) is 0 Å². The summed E-state index contributed by atoms with van der Waals surface area (Å²) in [6.07, 6.45) is 2.72. The molecule has 0 amide bonds. The van der Waals surface area contributed by atoms with E-state index >= 15 is 0 Å². The lowest BCUT2D eigenvalue weighted by Gasteiger charge is -2.13. The maximum absolute atomic E-state index is 12.0. The Labute approximate surface area is 121 Å². The molecule has 21 heavy (non-hydrogen) atoms. The van der Waals surface area contributed by atoms with Crippen molar-refractivity contribution in [3.63, 3.8) is 0 Å². The van der Waals surface area contributed by atoms with Crippen LogP contribution in [-0.2, 0) is 6.54 Å². The number of nitrogens with zero attached hydrogens (tertiary/aromatic N) is 1. The van der Waals surface area contributed by atoms with Crippen LogP contribution >= 0.6 is 0 Å². The number of hydrogen-bond acceptors (Lipinski definition) is 4. The molecule has 1 aromatic heterocycles. The predicted octanol–water partition coefficient (Wildman–Crippen LogP) is 2.51. The number of aromatic nitrogens is 1. The Bertz CT molecular complexity index is 535. The Morgan fingerprint density at radius 1 is 1.19 bits per heavy atom. The number of nitrogens with one attached hydrogen (secondary N) is 1. The fourth-order valence-corrected chi connectivity index (χ4v) is 1.85. The number of halogens is 2. The van der Waals surface area contributed by atoms with Gasteiger partial charge in [-0.25, -0.2) is 0 Å². The SMILES string of the molecule is OC(CNCc1cccnc1)c1ccc(OC(F)F)cc1. The van der Waals surface area contributed by atoms with E-state index in [-0.39, 0.29) is 5.75 Å². The molecule has 2 rings (SSSR count). The quantitative estimate of drug-likeness (QED) is 0.824. The summed E-state index contributed by atoms with van der Waals surface area (Å²) in [6.45, 7) is -1.90. The molecule has 0 aliphatic carbocycles. The lowest BCUT2D eigenvalue weighted by atomic mass is 10.1. The molecule has 1 heterocycles. The Hall–Kier alpha value is -2.05. The average Bonchev–Trinajstić information content (AvgIpc) is 2.48. The van der Waals surface area contributed by atoms with Gasteiger partial charge in [0.2, 0.25) is 0 Å². The van der Waals surface area contributed by atoms with E-state index in [1.54, 1.807) is 24.5 Å². The van der Waals surface area contributed by atoms with Gasteiger partial charge in [-0.05, 0) is 29.3 Å². The van der Waals surface area contributed by atoms with Crippen molar-refractivity contribution >= 4 is 0 Å². The Kier molecular flexibility index (Phi) is 5.59. The van der Waals surface area contributed by atoms with E-state index in [0.29, 0.717) is 18.7 Å². The molecule has 0 spiro atoms. The molecule has 2 N–H and O–H groups in total. The number of aliphatic hydroxyl groups excluding tert-OH is 1. The topological polar surface area (TPSA) is 54.4 Å². The highest BCUT2D eigenvalue weighted by molar-refractivity contribution is 5.28. The van der Waals surface area contributed by atoms with Gasteiger partial charge in [-0.15, -0.1) is 0 Å². The van der Waals surface area contributed by atoms with Crippen LogP contribution in [0.4, 0.5) is 8.78 Å². The first-order valence-electron chi connectivity index (χ1n) is 6.47. The van der Waals surface area contributed by atoms with Crippen molar-refractivity contribution in [3.05, 3.63) is 59.9 Å². The highest BCUT2D eigenvalue weighted by Gasteiger charge is 2.09. The van der Waals surface area contributed by atoms with Crippen LogP contribution in [0.25, 0.3) is 0 Å². The predicted molar refractivity (Wildman–Crippen MR) is 74.0 cm³/mol. The summed E-state index contributed by atoms with van der Waals surface area (Å²) < 4.78 is 28.3. The van der Waals surface area contributed by atoms with Gasteiger partial charge in [0.05, 0.1) is 6.10 Å². The van der Waals surface area contributed by atoms with E-state index < -0.39 is 12.7 Å². The number of pyridine rings is 1. The number of aliphatic hydroxyl groups is 1. The molecule has 6 heteroatoms. The van der Waals surface area contributed by atoms with E-state index in [9.17, 15) is 13.9 Å². The van der Waals surface area contributed by atoms with Crippen molar-refractivity contribution in [2.24, 2.45) is 0 Å². The van der Waals surface area contributed by atoms with Crippen LogP contribution in [0.3, 0.4) is 0 Å². The van der Waals surface area contributed by atoms with Crippen LogP contribution in [0.15, 0.2) is 48.8 Å². The molecule has 0 saturated carbocycles. The minimum absolute atomic E-state index is 0.0734. The minimum atomic E-state index is -2.85. The Morgan fingerprint density at radius 2 is 1.95 bits per heavy atom.